The molecular formula is C12H18N2O5S2. The third kappa shape index (κ3) is 7.21. The minimum atomic E-state index is -3.69. The van der Waals surface area contributed by atoms with E-state index in [1.54, 1.807) is 12.1 Å². The maximum absolute atomic E-state index is 11.3. The summed E-state index contributed by atoms with van der Waals surface area (Å²) in [5, 5.41) is 7.50. The van der Waals surface area contributed by atoms with Crippen LogP contribution in [0.3, 0.4) is 0 Å². The second-order valence-electron chi connectivity index (χ2n) is 4.71. The largest absolute Gasteiger partial charge is 0.355 e. The summed E-state index contributed by atoms with van der Waals surface area (Å²) >= 11 is 0. The van der Waals surface area contributed by atoms with E-state index in [1.165, 1.54) is 12.1 Å². The van der Waals surface area contributed by atoms with Gasteiger partial charge in [0.2, 0.25) is 15.9 Å². The number of nitrogens with two attached hydrogens (primary N) is 1. The summed E-state index contributed by atoms with van der Waals surface area (Å²) < 4.78 is 43.9. The highest BCUT2D eigenvalue weighted by molar-refractivity contribution is 7.91. The van der Waals surface area contributed by atoms with Gasteiger partial charge in [-0.05, 0) is 30.5 Å². The number of amides is 1. The molecule has 118 valence electrons. The predicted octanol–water partition coefficient (Wildman–Crippen LogP) is -0.573. The molecule has 0 fully saturated rings. The zero-order chi connectivity index (χ0) is 16.1. The number of sulfonamides is 1. The Bertz CT molecular complexity index is 694. The van der Waals surface area contributed by atoms with Crippen molar-refractivity contribution in [3.8, 4) is 0 Å². The van der Waals surface area contributed by atoms with Gasteiger partial charge in [0.05, 0.1) is 4.90 Å². The first-order chi connectivity index (χ1) is 9.58. The summed E-state index contributed by atoms with van der Waals surface area (Å²) in [7, 11) is -7.00. The number of sulfone groups is 1. The molecule has 0 aliphatic heterocycles. The smallest absolute Gasteiger partial charge is 0.238 e. The van der Waals surface area contributed by atoms with Crippen molar-refractivity contribution in [2.45, 2.75) is 17.7 Å². The molecule has 0 saturated carbocycles. The average molecular weight is 334 g/mol. The number of aryl methyl sites for hydroxylation is 1. The molecule has 0 saturated heterocycles. The number of carbonyl (C=O) groups excluding carboxylic acids is 1. The van der Waals surface area contributed by atoms with Gasteiger partial charge >= 0.3 is 0 Å². The second-order valence-corrected chi connectivity index (χ2v) is 8.41. The number of benzene rings is 1. The highest BCUT2D eigenvalue weighted by atomic mass is 32.2. The average Bonchev–Trinajstić information content (AvgIpc) is 2.32. The molecule has 1 amide bonds. The number of hydrogen-bond donors (Lipinski definition) is 2. The quantitative estimate of drug-likeness (QED) is 0.646. The van der Waals surface area contributed by atoms with E-state index in [-0.39, 0.29) is 4.90 Å². The van der Waals surface area contributed by atoms with Crippen LogP contribution in [0.15, 0.2) is 29.2 Å². The number of primary sulfonamides is 1. The van der Waals surface area contributed by atoms with Crippen molar-refractivity contribution < 1.29 is 21.6 Å². The topological polar surface area (TPSA) is 123 Å². The van der Waals surface area contributed by atoms with Crippen LogP contribution in [0.4, 0.5) is 0 Å². The summed E-state index contributed by atoms with van der Waals surface area (Å²) in [6, 6.07) is 6.15. The molecule has 9 heteroatoms. The minimum absolute atomic E-state index is 0.0488. The first kappa shape index (κ1) is 17.6. The first-order valence-corrected chi connectivity index (χ1v) is 9.75. The molecule has 0 heterocycles. The van der Waals surface area contributed by atoms with E-state index in [0.29, 0.717) is 19.4 Å². The Labute approximate surface area is 124 Å². The fraction of sp³-hybridized carbons (Fsp3) is 0.417. The Kier molecular flexibility index (Phi) is 5.87. The summed E-state index contributed by atoms with van der Waals surface area (Å²) in [5.41, 5.74) is 0.903. The zero-order valence-electron chi connectivity index (χ0n) is 11.6. The van der Waals surface area contributed by atoms with Crippen LogP contribution >= 0.6 is 0 Å². The fourth-order valence-corrected chi connectivity index (χ4v) is 2.75. The molecule has 0 atom stereocenters. The van der Waals surface area contributed by atoms with Gasteiger partial charge in [-0.25, -0.2) is 22.0 Å². The summed E-state index contributed by atoms with van der Waals surface area (Å²) in [4.78, 5) is 11.3. The third-order valence-corrected chi connectivity index (χ3v) is 4.33. The lowest BCUT2D eigenvalue weighted by molar-refractivity contribution is -0.118. The first-order valence-electron chi connectivity index (χ1n) is 6.14. The molecule has 1 rings (SSSR count). The van der Waals surface area contributed by atoms with Gasteiger partial charge in [0.15, 0.2) is 9.84 Å². The van der Waals surface area contributed by atoms with Crippen LogP contribution in [0.5, 0.6) is 0 Å². The molecular weight excluding hydrogens is 316 g/mol. The molecule has 0 aliphatic carbocycles. The van der Waals surface area contributed by atoms with Crippen molar-refractivity contribution in [2.75, 3.05) is 18.6 Å². The normalized spacial score (nSPS) is 12.1. The van der Waals surface area contributed by atoms with Gasteiger partial charge in [0.25, 0.3) is 0 Å². The van der Waals surface area contributed by atoms with E-state index in [2.05, 4.69) is 5.32 Å². The SMILES string of the molecule is CS(=O)(=O)CC(=O)NCCCc1ccc(S(N)(=O)=O)cc1. The van der Waals surface area contributed by atoms with Crippen molar-refractivity contribution in [2.24, 2.45) is 5.14 Å². The third-order valence-electron chi connectivity index (χ3n) is 2.61. The predicted molar refractivity (Wildman–Crippen MR) is 78.9 cm³/mol. The monoisotopic (exact) mass is 334 g/mol. The van der Waals surface area contributed by atoms with E-state index in [1.807, 2.05) is 0 Å². The van der Waals surface area contributed by atoms with E-state index >= 15 is 0 Å². The second kappa shape index (κ2) is 7.01. The van der Waals surface area contributed by atoms with Crippen molar-refractivity contribution >= 4 is 25.8 Å². The zero-order valence-corrected chi connectivity index (χ0v) is 13.2. The lowest BCUT2D eigenvalue weighted by atomic mass is 10.1. The summed E-state index contributed by atoms with van der Waals surface area (Å²) in [6.07, 6.45) is 2.24. The van der Waals surface area contributed by atoms with Gasteiger partial charge in [0.1, 0.15) is 5.75 Å². The van der Waals surface area contributed by atoms with Crippen LogP contribution < -0.4 is 10.5 Å². The van der Waals surface area contributed by atoms with Gasteiger partial charge < -0.3 is 5.32 Å². The number of hydrogen-bond acceptors (Lipinski definition) is 5. The van der Waals surface area contributed by atoms with Gasteiger partial charge in [-0.1, -0.05) is 12.1 Å². The number of nitrogens with one attached hydrogen (secondary N) is 1. The van der Waals surface area contributed by atoms with Crippen LogP contribution in [0, 0.1) is 0 Å². The molecule has 0 unspecified atom stereocenters. The van der Waals surface area contributed by atoms with E-state index in [9.17, 15) is 21.6 Å². The molecule has 0 spiro atoms. The number of rotatable bonds is 7. The molecule has 1 aromatic rings. The maximum Gasteiger partial charge on any atom is 0.238 e. The maximum atomic E-state index is 11.3. The summed E-state index contributed by atoms with van der Waals surface area (Å²) in [5.74, 6) is -1.04. The standard InChI is InChI=1S/C12H18N2O5S2/c1-20(16,17)9-12(15)14-8-2-3-10-4-6-11(7-5-10)21(13,18)19/h4-7H,2-3,8-9H2,1H3,(H,14,15)(H2,13,18,19). The van der Waals surface area contributed by atoms with Crippen molar-refractivity contribution in [3.05, 3.63) is 29.8 Å². The molecule has 1 aromatic carbocycles. The van der Waals surface area contributed by atoms with Crippen LogP contribution in [-0.2, 0) is 31.1 Å². The molecule has 0 radical (unpaired) electrons. The van der Waals surface area contributed by atoms with E-state index in [4.69, 9.17) is 5.14 Å². The van der Waals surface area contributed by atoms with Crippen molar-refractivity contribution in [3.63, 3.8) is 0 Å². The fourth-order valence-electron chi connectivity index (χ4n) is 1.66. The lowest BCUT2D eigenvalue weighted by Crippen LogP contribution is -2.30. The highest BCUT2D eigenvalue weighted by Crippen LogP contribution is 2.10. The van der Waals surface area contributed by atoms with Crippen LogP contribution in [0.1, 0.15) is 12.0 Å². The summed E-state index contributed by atoms with van der Waals surface area (Å²) in [6.45, 7) is 0.352. The van der Waals surface area contributed by atoms with Crippen LogP contribution in [0.2, 0.25) is 0 Å². The van der Waals surface area contributed by atoms with Gasteiger partial charge in [-0.3, -0.25) is 4.79 Å². The molecule has 0 aromatic heterocycles. The lowest BCUT2D eigenvalue weighted by Gasteiger charge is -2.05. The molecule has 7 nitrogen and oxygen atoms in total. The Balaban J connectivity index is 2.38. The van der Waals surface area contributed by atoms with E-state index < -0.39 is 31.5 Å². The Morgan fingerprint density at radius 3 is 2.19 bits per heavy atom. The van der Waals surface area contributed by atoms with Crippen molar-refractivity contribution in [1.82, 2.24) is 5.32 Å². The van der Waals surface area contributed by atoms with Gasteiger partial charge in [0, 0.05) is 12.8 Å². The Morgan fingerprint density at radius 2 is 1.71 bits per heavy atom. The van der Waals surface area contributed by atoms with Gasteiger partial charge in [-0.15, -0.1) is 0 Å². The Morgan fingerprint density at radius 1 is 1.14 bits per heavy atom. The molecule has 3 N–H and O–H groups in total. The van der Waals surface area contributed by atoms with Crippen LogP contribution in [0.25, 0.3) is 0 Å². The van der Waals surface area contributed by atoms with Gasteiger partial charge in [-0.2, -0.15) is 0 Å². The number of carbonyl (C=O) groups is 1. The van der Waals surface area contributed by atoms with Crippen molar-refractivity contribution in [1.29, 1.82) is 0 Å². The van der Waals surface area contributed by atoms with Crippen LogP contribution in [-0.4, -0.2) is 41.3 Å². The molecule has 0 aliphatic rings. The highest BCUT2D eigenvalue weighted by Gasteiger charge is 2.10. The Hall–Kier alpha value is -1.45. The molecule has 0 bridgehead atoms. The minimum Gasteiger partial charge on any atom is -0.355 e. The molecule has 21 heavy (non-hydrogen) atoms. The van der Waals surface area contributed by atoms with E-state index in [0.717, 1.165) is 11.8 Å².